The number of anilines is 1. The summed E-state index contributed by atoms with van der Waals surface area (Å²) >= 11 is 5.93. The summed E-state index contributed by atoms with van der Waals surface area (Å²) in [7, 11) is 0. The fourth-order valence-electron chi connectivity index (χ4n) is 3.50. The van der Waals surface area contributed by atoms with E-state index in [-0.39, 0.29) is 0 Å². The van der Waals surface area contributed by atoms with Crippen molar-refractivity contribution in [2.45, 2.75) is 25.4 Å². The molecule has 3 N–H and O–H groups in total. The van der Waals surface area contributed by atoms with Gasteiger partial charge in [-0.15, -0.1) is 0 Å². The lowest BCUT2D eigenvalue weighted by molar-refractivity contribution is -0.133. The molecular formula is C21H19ClN4O3. The summed E-state index contributed by atoms with van der Waals surface area (Å²) in [5.74, 6) is -0.891. The monoisotopic (exact) mass is 410 g/mol. The summed E-state index contributed by atoms with van der Waals surface area (Å²) in [6.45, 7) is 1.52. The van der Waals surface area contributed by atoms with Crippen molar-refractivity contribution in [1.82, 2.24) is 15.2 Å². The standard InChI is InChI=1S/C21H19ClN4O3/c1-12(19(27)24-15-6-4-5-14(22)10-15)26-20(28)18(25-21(26)29)9-13-11-23-17-8-3-2-7-16(13)17/h2-8,10-12,18,23H,9H2,1H3,(H,24,27)(H,25,29)/t12-,18-/m1/s1. The van der Waals surface area contributed by atoms with Gasteiger partial charge in [0.1, 0.15) is 12.1 Å². The smallest absolute Gasteiger partial charge is 0.325 e. The number of hydrogen-bond acceptors (Lipinski definition) is 3. The Morgan fingerprint density at radius 2 is 2.00 bits per heavy atom. The first-order valence-corrected chi connectivity index (χ1v) is 9.57. The summed E-state index contributed by atoms with van der Waals surface area (Å²) in [6, 6.07) is 12.2. The Hall–Kier alpha value is -3.32. The molecule has 1 aliphatic heterocycles. The number of H-pyrrole nitrogens is 1. The van der Waals surface area contributed by atoms with E-state index >= 15 is 0 Å². The van der Waals surface area contributed by atoms with Crippen molar-refractivity contribution >= 4 is 46.0 Å². The van der Waals surface area contributed by atoms with Crippen LogP contribution in [0, 0.1) is 0 Å². The molecule has 0 bridgehead atoms. The molecule has 0 radical (unpaired) electrons. The van der Waals surface area contributed by atoms with E-state index in [9.17, 15) is 14.4 Å². The quantitative estimate of drug-likeness (QED) is 0.563. The first-order chi connectivity index (χ1) is 13.9. The molecule has 7 nitrogen and oxygen atoms in total. The van der Waals surface area contributed by atoms with Crippen LogP contribution in [0.15, 0.2) is 54.7 Å². The predicted molar refractivity (Wildman–Crippen MR) is 111 cm³/mol. The largest absolute Gasteiger partial charge is 0.361 e. The lowest BCUT2D eigenvalue weighted by Gasteiger charge is -2.21. The molecule has 4 rings (SSSR count). The highest BCUT2D eigenvalue weighted by Crippen LogP contribution is 2.22. The Kier molecular flexibility index (Phi) is 4.98. The van der Waals surface area contributed by atoms with Crippen molar-refractivity contribution in [3.63, 3.8) is 0 Å². The normalized spacial score (nSPS) is 17.4. The number of aromatic amines is 1. The van der Waals surface area contributed by atoms with E-state index in [4.69, 9.17) is 11.6 Å². The van der Waals surface area contributed by atoms with Crippen LogP contribution >= 0.6 is 11.6 Å². The van der Waals surface area contributed by atoms with Gasteiger partial charge in [-0.05, 0) is 36.8 Å². The molecule has 2 heterocycles. The third kappa shape index (κ3) is 3.69. The maximum absolute atomic E-state index is 12.9. The van der Waals surface area contributed by atoms with Crippen LogP contribution in [0.3, 0.4) is 0 Å². The third-order valence-electron chi connectivity index (χ3n) is 5.01. The van der Waals surface area contributed by atoms with E-state index < -0.39 is 29.9 Å². The topological polar surface area (TPSA) is 94.3 Å². The van der Waals surface area contributed by atoms with Gasteiger partial charge >= 0.3 is 6.03 Å². The third-order valence-corrected chi connectivity index (χ3v) is 5.24. The molecule has 8 heteroatoms. The fourth-order valence-corrected chi connectivity index (χ4v) is 3.69. The molecule has 0 saturated carbocycles. The van der Waals surface area contributed by atoms with E-state index in [1.807, 2.05) is 30.5 Å². The number of para-hydroxylation sites is 1. The van der Waals surface area contributed by atoms with Gasteiger partial charge in [-0.3, -0.25) is 14.5 Å². The van der Waals surface area contributed by atoms with Crippen LogP contribution in [-0.4, -0.2) is 39.8 Å². The number of nitrogens with zero attached hydrogens (tertiary/aromatic N) is 1. The zero-order valence-electron chi connectivity index (χ0n) is 15.6. The Bertz CT molecular complexity index is 1110. The number of carbonyl (C=O) groups is 3. The molecule has 4 amide bonds. The second kappa shape index (κ2) is 7.60. The van der Waals surface area contributed by atoms with Gasteiger partial charge in [-0.25, -0.2) is 4.79 Å². The van der Waals surface area contributed by atoms with Gasteiger partial charge in [0.05, 0.1) is 0 Å². The van der Waals surface area contributed by atoms with Crippen LogP contribution in [0.2, 0.25) is 5.02 Å². The summed E-state index contributed by atoms with van der Waals surface area (Å²) in [5, 5.41) is 6.85. The number of benzene rings is 2. The van der Waals surface area contributed by atoms with E-state index in [1.54, 1.807) is 24.3 Å². The van der Waals surface area contributed by atoms with E-state index in [2.05, 4.69) is 15.6 Å². The molecule has 0 aliphatic carbocycles. The maximum atomic E-state index is 12.9. The molecule has 2 aromatic carbocycles. The number of amides is 4. The van der Waals surface area contributed by atoms with Crippen LogP contribution < -0.4 is 10.6 Å². The minimum Gasteiger partial charge on any atom is -0.361 e. The number of hydrogen-bond donors (Lipinski definition) is 3. The van der Waals surface area contributed by atoms with Crippen LogP contribution in [-0.2, 0) is 16.0 Å². The van der Waals surface area contributed by atoms with Crippen LogP contribution in [0.4, 0.5) is 10.5 Å². The van der Waals surface area contributed by atoms with Gasteiger partial charge in [0.15, 0.2) is 0 Å². The zero-order chi connectivity index (χ0) is 20.5. The highest BCUT2D eigenvalue weighted by atomic mass is 35.5. The van der Waals surface area contributed by atoms with Crippen LogP contribution in [0.5, 0.6) is 0 Å². The first kappa shape index (κ1) is 19.0. The number of rotatable bonds is 5. The Labute approximate surface area is 172 Å². The molecule has 1 aromatic heterocycles. The average Bonchev–Trinajstić information content (AvgIpc) is 3.22. The van der Waals surface area contributed by atoms with Gasteiger partial charge in [0.2, 0.25) is 5.91 Å². The highest BCUT2D eigenvalue weighted by molar-refractivity contribution is 6.30. The molecule has 1 saturated heterocycles. The molecule has 1 fully saturated rings. The summed E-state index contributed by atoms with van der Waals surface area (Å²) < 4.78 is 0. The van der Waals surface area contributed by atoms with Crippen LogP contribution in [0.25, 0.3) is 10.9 Å². The molecular weight excluding hydrogens is 392 g/mol. The summed E-state index contributed by atoms with van der Waals surface area (Å²) in [4.78, 5) is 42.0. The zero-order valence-corrected chi connectivity index (χ0v) is 16.4. The van der Waals surface area contributed by atoms with Gasteiger partial charge in [-0.1, -0.05) is 35.9 Å². The Balaban J connectivity index is 1.48. The lowest BCUT2D eigenvalue weighted by Crippen LogP contribution is -2.46. The van der Waals surface area contributed by atoms with Gasteiger partial charge < -0.3 is 15.6 Å². The molecule has 29 heavy (non-hydrogen) atoms. The second-order valence-corrected chi connectivity index (χ2v) is 7.39. The average molecular weight is 411 g/mol. The fraction of sp³-hybridized carbons (Fsp3) is 0.190. The molecule has 148 valence electrons. The van der Waals surface area contributed by atoms with Gasteiger partial charge in [0, 0.05) is 34.2 Å². The molecule has 2 atom stereocenters. The Morgan fingerprint density at radius 1 is 1.21 bits per heavy atom. The van der Waals surface area contributed by atoms with Crippen molar-refractivity contribution in [1.29, 1.82) is 0 Å². The van der Waals surface area contributed by atoms with Crippen molar-refractivity contribution in [2.24, 2.45) is 0 Å². The van der Waals surface area contributed by atoms with E-state index in [0.29, 0.717) is 17.1 Å². The maximum Gasteiger partial charge on any atom is 0.325 e. The number of nitrogens with one attached hydrogen (secondary N) is 3. The van der Waals surface area contributed by atoms with Crippen LogP contribution in [0.1, 0.15) is 12.5 Å². The van der Waals surface area contributed by atoms with Gasteiger partial charge in [0.25, 0.3) is 5.91 Å². The number of imide groups is 1. The van der Waals surface area contributed by atoms with Crippen molar-refractivity contribution < 1.29 is 14.4 Å². The molecule has 1 aliphatic rings. The second-order valence-electron chi connectivity index (χ2n) is 6.95. The number of aromatic nitrogens is 1. The first-order valence-electron chi connectivity index (χ1n) is 9.19. The van der Waals surface area contributed by atoms with Crippen molar-refractivity contribution in [3.05, 3.63) is 65.3 Å². The van der Waals surface area contributed by atoms with Crippen molar-refractivity contribution in [2.75, 3.05) is 5.32 Å². The van der Waals surface area contributed by atoms with Crippen molar-refractivity contribution in [3.8, 4) is 0 Å². The number of urea groups is 1. The number of halogens is 1. The summed E-state index contributed by atoms with van der Waals surface area (Å²) in [6.07, 6.45) is 2.18. The van der Waals surface area contributed by atoms with E-state index in [0.717, 1.165) is 21.4 Å². The number of carbonyl (C=O) groups excluding carboxylic acids is 3. The Morgan fingerprint density at radius 3 is 2.79 bits per heavy atom. The van der Waals surface area contributed by atoms with Gasteiger partial charge in [-0.2, -0.15) is 0 Å². The van der Waals surface area contributed by atoms with E-state index in [1.165, 1.54) is 6.92 Å². The highest BCUT2D eigenvalue weighted by Gasteiger charge is 2.43. The SMILES string of the molecule is C[C@H](C(=O)Nc1cccc(Cl)c1)N1C(=O)N[C@H](Cc2c[nH]c3ccccc23)C1=O. The lowest BCUT2D eigenvalue weighted by atomic mass is 10.0. The number of fused-ring (bicyclic) bond motifs is 1. The minimum atomic E-state index is -0.963. The minimum absolute atomic E-state index is 0.341. The predicted octanol–water partition coefficient (Wildman–Crippen LogP) is 3.31. The molecule has 0 unspecified atom stereocenters. The summed E-state index contributed by atoms with van der Waals surface area (Å²) in [5.41, 5.74) is 2.39. The molecule has 3 aromatic rings. The molecule has 0 spiro atoms.